The summed E-state index contributed by atoms with van der Waals surface area (Å²) in [5, 5.41) is 14.2. The number of fused-ring (bicyclic) bond motifs is 1. The number of hydrogen-bond acceptors (Lipinski definition) is 3. The summed E-state index contributed by atoms with van der Waals surface area (Å²) in [6.45, 7) is 0.337. The Hall–Kier alpha value is -3.07. The fourth-order valence-corrected chi connectivity index (χ4v) is 2.46. The highest BCUT2D eigenvalue weighted by Crippen LogP contribution is 2.27. The van der Waals surface area contributed by atoms with Crippen molar-refractivity contribution in [3.05, 3.63) is 59.4 Å². The van der Waals surface area contributed by atoms with E-state index in [2.05, 4.69) is 10.6 Å². The second-order valence-corrected chi connectivity index (χ2v) is 5.19. The van der Waals surface area contributed by atoms with Gasteiger partial charge in [-0.15, -0.1) is 0 Å². The van der Waals surface area contributed by atoms with E-state index >= 15 is 0 Å². The first-order chi connectivity index (χ1) is 11.2. The molecule has 0 spiro atoms. The summed E-state index contributed by atoms with van der Waals surface area (Å²) in [7, 11) is 0. The van der Waals surface area contributed by atoms with Crippen LogP contribution in [0.5, 0.6) is 5.75 Å². The van der Waals surface area contributed by atoms with Crippen LogP contribution in [0.15, 0.2) is 42.5 Å². The Kier molecular flexibility index (Phi) is 4.11. The van der Waals surface area contributed by atoms with E-state index in [1.807, 2.05) is 30.3 Å². The van der Waals surface area contributed by atoms with Crippen LogP contribution >= 0.6 is 0 Å². The second-order valence-electron chi connectivity index (χ2n) is 5.19. The lowest BCUT2D eigenvalue weighted by molar-refractivity contribution is 0.219. The fraction of sp³-hybridized carbons (Fsp3) is 0.176. The molecule has 23 heavy (non-hydrogen) atoms. The number of ether oxygens (including phenoxy) is 1. The largest absolute Gasteiger partial charge is 0.488 e. The molecule has 2 aromatic carbocycles. The maximum atomic E-state index is 13.1. The van der Waals surface area contributed by atoms with Gasteiger partial charge in [-0.3, -0.25) is 0 Å². The molecule has 0 fully saturated rings. The van der Waals surface area contributed by atoms with E-state index in [1.54, 1.807) is 0 Å². The van der Waals surface area contributed by atoms with Crippen LogP contribution in [0.3, 0.4) is 0 Å². The molecule has 6 heteroatoms. The van der Waals surface area contributed by atoms with E-state index in [4.69, 9.17) is 10.00 Å². The Morgan fingerprint density at radius 2 is 2.17 bits per heavy atom. The number of nitrogens with zero attached hydrogens (tertiary/aromatic N) is 1. The van der Waals surface area contributed by atoms with Crippen LogP contribution in [0.25, 0.3) is 0 Å². The number of benzene rings is 2. The molecule has 0 bridgehead atoms. The molecular weight excluding hydrogens is 297 g/mol. The average molecular weight is 311 g/mol. The summed E-state index contributed by atoms with van der Waals surface area (Å²) >= 11 is 0. The number of carbonyl (C=O) groups excluding carboxylic acids is 1. The average Bonchev–Trinajstić information content (AvgIpc) is 2.97. The van der Waals surface area contributed by atoms with E-state index in [-0.39, 0.29) is 17.4 Å². The molecule has 1 unspecified atom stereocenters. The van der Waals surface area contributed by atoms with Gasteiger partial charge in [0.15, 0.2) is 0 Å². The zero-order chi connectivity index (χ0) is 16.2. The van der Waals surface area contributed by atoms with Crippen LogP contribution in [0, 0.1) is 17.1 Å². The maximum absolute atomic E-state index is 13.1. The van der Waals surface area contributed by atoms with Gasteiger partial charge in [-0.1, -0.05) is 18.2 Å². The normalized spacial score (nSPS) is 15.2. The van der Waals surface area contributed by atoms with E-state index in [0.29, 0.717) is 6.54 Å². The number of hydrogen-bond donors (Lipinski definition) is 2. The molecule has 1 atom stereocenters. The number of nitrogens with one attached hydrogen (secondary N) is 2. The van der Waals surface area contributed by atoms with Crippen LogP contribution in [-0.4, -0.2) is 18.7 Å². The van der Waals surface area contributed by atoms with Crippen molar-refractivity contribution in [2.45, 2.75) is 12.5 Å². The van der Waals surface area contributed by atoms with Gasteiger partial charge in [0.05, 0.1) is 17.8 Å². The van der Waals surface area contributed by atoms with Crippen molar-refractivity contribution in [1.82, 2.24) is 5.32 Å². The molecule has 3 rings (SSSR count). The summed E-state index contributed by atoms with van der Waals surface area (Å²) in [5.41, 5.74) is 1.46. The van der Waals surface area contributed by atoms with Gasteiger partial charge in [0, 0.05) is 6.42 Å². The SMILES string of the molecule is N#Cc1cc(F)ccc1NC(=O)NCC1Cc2ccccc2O1. The number of halogens is 1. The fourth-order valence-electron chi connectivity index (χ4n) is 2.46. The number of carbonyl (C=O) groups is 1. The minimum Gasteiger partial charge on any atom is -0.488 e. The summed E-state index contributed by atoms with van der Waals surface area (Å²) < 4.78 is 18.8. The minimum atomic E-state index is -0.523. The lowest BCUT2D eigenvalue weighted by Gasteiger charge is -2.13. The molecule has 1 aliphatic rings. The smallest absolute Gasteiger partial charge is 0.319 e. The van der Waals surface area contributed by atoms with Crippen LogP contribution in [-0.2, 0) is 6.42 Å². The van der Waals surface area contributed by atoms with E-state index < -0.39 is 11.8 Å². The van der Waals surface area contributed by atoms with Crippen molar-refractivity contribution in [3.63, 3.8) is 0 Å². The molecular formula is C17H14FN3O2. The number of anilines is 1. The zero-order valence-corrected chi connectivity index (χ0v) is 12.2. The number of nitriles is 1. The Bertz CT molecular complexity index is 761. The van der Waals surface area contributed by atoms with Crippen LogP contribution in [0.4, 0.5) is 14.9 Å². The zero-order valence-electron chi connectivity index (χ0n) is 12.2. The monoisotopic (exact) mass is 311 g/mol. The quantitative estimate of drug-likeness (QED) is 0.915. The summed E-state index contributed by atoms with van der Waals surface area (Å²) in [6.07, 6.45) is 0.609. The molecule has 1 heterocycles. The predicted octanol–water partition coefficient (Wildman–Crippen LogP) is 2.82. The van der Waals surface area contributed by atoms with E-state index in [1.165, 1.54) is 12.1 Å². The summed E-state index contributed by atoms with van der Waals surface area (Å²) in [6, 6.07) is 12.7. The van der Waals surface area contributed by atoms with Gasteiger partial charge in [-0.05, 0) is 29.8 Å². The van der Waals surface area contributed by atoms with Gasteiger partial charge in [0.25, 0.3) is 0 Å². The molecule has 0 saturated heterocycles. The molecule has 1 aliphatic heterocycles. The Labute approximate surface area is 132 Å². The number of amides is 2. The van der Waals surface area contributed by atoms with Crippen molar-refractivity contribution >= 4 is 11.7 Å². The van der Waals surface area contributed by atoms with Gasteiger partial charge < -0.3 is 15.4 Å². The molecule has 0 radical (unpaired) electrons. The number of urea groups is 1. The van der Waals surface area contributed by atoms with Crippen LogP contribution in [0.2, 0.25) is 0 Å². The van der Waals surface area contributed by atoms with Crippen molar-refractivity contribution in [3.8, 4) is 11.8 Å². The van der Waals surface area contributed by atoms with Gasteiger partial charge in [-0.25, -0.2) is 9.18 Å². The molecule has 2 aromatic rings. The number of para-hydroxylation sites is 1. The predicted molar refractivity (Wildman–Crippen MR) is 82.7 cm³/mol. The number of rotatable bonds is 3. The first-order valence-corrected chi connectivity index (χ1v) is 7.15. The summed E-state index contributed by atoms with van der Waals surface area (Å²) in [5.74, 6) is 0.314. The van der Waals surface area contributed by atoms with Crippen LogP contribution in [0.1, 0.15) is 11.1 Å². The Morgan fingerprint density at radius 1 is 1.35 bits per heavy atom. The highest BCUT2D eigenvalue weighted by Gasteiger charge is 2.22. The third-order valence-corrected chi connectivity index (χ3v) is 3.55. The first-order valence-electron chi connectivity index (χ1n) is 7.15. The second kappa shape index (κ2) is 6.36. The highest BCUT2D eigenvalue weighted by molar-refractivity contribution is 5.90. The van der Waals surface area contributed by atoms with Gasteiger partial charge in [0.1, 0.15) is 23.7 Å². The minimum absolute atomic E-state index is 0.0738. The van der Waals surface area contributed by atoms with E-state index in [0.717, 1.165) is 23.8 Å². The van der Waals surface area contributed by atoms with Gasteiger partial charge in [-0.2, -0.15) is 5.26 Å². The lowest BCUT2D eigenvalue weighted by atomic mass is 10.1. The third kappa shape index (κ3) is 3.40. The molecule has 5 nitrogen and oxygen atoms in total. The Balaban J connectivity index is 1.54. The van der Waals surface area contributed by atoms with Gasteiger partial charge in [0.2, 0.25) is 0 Å². The van der Waals surface area contributed by atoms with Crippen molar-refractivity contribution in [1.29, 1.82) is 5.26 Å². The third-order valence-electron chi connectivity index (χ3n) is 3.55. The van der Waals surface area contributed by atoms with Crippen LogP contribution < -0.4 is 15.4 Å². The van der Waals surface area contributed by atoms with Gasteiger partial charge >= 0.3 is 6.03 Å². The molecule has 0 aliphatic carbocycles. The molecule has 2 N–H and O–H groups in total. The van der Waals surface area contributed by atoms with Crippen molar-refractivity contribution in [2.24, 2.45) is 0 Å². The summed E-state index contributed by atoms with van der Waals surface area (Å²) in [4.78, 5) is 11.9. The highest BCUT2D eigenvalue weighted by atomic mass is 19.1. The topological polar surface area (TPSA) is 74.2 Å². The molecule has 2 amide bonds. The molecule has 116 valence electrons. The standard InChI is InChI=1S/C17H14FN3O2/c18-13-5-6-15(12(7-13)9-19)21-17(22)20-10-14-8-11-3-1-2-4-16(11)23-14/h1-7,14H,8,10H2,(H2,20,21,22). The van der Waals surface area contributed by atoms with E-state index in [9.17, 15) is 9.18 Å². The first kappa shape index (κ1) is 14.9. The van der Waals surface area contributed by atoms with Crippen molar-refractivity contribution in [2.75, 3.05) is 11.9 Å². The maximum Gasteiger partial charge on any atom is 0.319 e. The molecule has 0 saturated carbocycles. The molecule has 0 aromatic heterocycles. The van der Waals surface area contributed by atoms with Crippen molar-refractivity contribution < 1.29 is 13.9 Å². The Morgan fingerprint density at radius 3 is 2.96 bits per heavy atom. The lowest BCUT2D eigenvalue weighted by Crippen LogP contribution is -2.37.